The van der Waals surface area contributed by atoms with Gasteiger partial charge >= 0.3 is 0 Å². The van der Waals surface area contributed by atoms with Gasteiger partial charge < -0.3 is 4.98 Å². The fourth-order valence-electron chi connectivity index (χ4n) is 1.04. The summed E-state index contributed by atoms with van der Waals surface area (Å²) in [6.45, 7) is 0. The number of hydrogen-bond acceptors (Lipinski definition) is 3. The van der Waals surface area contributed by atoms with Crippen LogP contribution in [0.3, 0.4) is 0 Å². The van der Waals surface area contributed by atoms with Crippen molar-refractivity contribution < 1.29 is 0 Å². The van der Waals surface area contributed by atoms with E-state index in [-0.39, 0.29) is 5.56 Å². The molecule has 1 N–H and O–H groups in total. The monoisotopic (exact) mass is 173 g/mol. The maximum absolute atomic E-state index is 10.9. The van der Waals surface area contributed by atoms with Gasteiger partial charge in [-0.25, -0.2) is 0 Å². The molecule has 0 saturated carbocycles. The molecule has 0 spiro atoms. The number of hydrogen-bond donors (Lipinski definition) is 1. The quantitative estimate of drug-likeness (QED) is 0.694. The number of benzene rings is 1. The van der Waals surface area contributed by atoms with Crippen LogP contribution in [0.25, 0.3) is 11.4 Å². The molecule has 1 heterocycles. The molecule has 0 amide bonds. The molecule has 1 aromatic carbocycles. The highest BCUT2D eigenvalue weighted by Gasteiger charge is 1.97. The summed E-state index contributed by atoms with van der Waals surface area (Å²) in [5.41, 5.74) is 0.613. The van der Waals surface area contributed by atoms with Crippen molar-refractivity contribution in [3.05, 3.63) is 46.9 Å². The van der Waals surface area contributed by atoms with Crippen LogP contribution in [0.2, 0.25) is 0 Å². The van der Waals surface area contributed by atoms with E-state index in [4.69, 9.17) is 0 Å². The lowest BCUT2D eigenvalue weighted by Gasteiger charge is -1.96. The molecule has 0 aliphatic heterocycles. The zero-order valence-electron chi connectivity index (χ0n) is 6.77. The first-order valence-corrected chi connectivity index (χ1v) is 3.84. The molecule has 0 atom stereocenters. The van der Waals surface area contributed by atoms with Gasteiger partial charge in [-0.15, -0.1) is 5.10 Å². The first-order chi connectivity index (χ1) is 6.36. The molecule has 2 rings (SSSR count). The van der Waals surface area contributed by atoms with Gasteiger partial charge in [0.25, 0.3) is 5.56 Å². The summed E-state index contributed by atoms with van der Waals surface area (Å²) in [6, 6.07) is 9.38. The van der Waals surface area contributed by atoms with E-state index >= 15 is 0 Å². The Labute approximate surface area is 74.3 Å². The van der Waals surface area contributed by atoms with E-state index in [9.17, 15) is 4.79 Å². The highest BCUT2D eigenvalue weighted by Crippen LogP contribution is 2.09. The lowest BCUT2D eigenvalue weighted by Crippen LogP contribution is -2.08. The molecule has 0 radical (unpaired) electrons. The summed E-state index contributed by atoms with van der Waals surface area (Å²) >= 11 is 0. The minimum absolute atomic E-state index is 0.242. The Hall–Kier alpha value is -1.97. The van der Waals surface area contributed by atoms with Crippen LogP contribution in [0.4, 0.5) is 0 Å². The van der Waals surface area contributed by atoms with E-state index < -0.39 is 0 Å². The van der Waals surface area contributed by atoms with Gasteiger partial charge in [-0.3, -0.25) is 4.79 Å². The number of aromatic nitrogens is 3. The van der Waals surface area contributed by atoms with Crippen LogP contribution in [0.5, 0.6) is 0 Å². The highest BCUT2D eigenvalue weighted by molar-refractivity contribution is 5.53. The molecule has 0 saturated heterocycles. The Bertz CT molecular complexity index is 450. The Balaban J connectivity index is 2.54. The van der Waals surface area contributed by atoms with E-state index in [1.165, 1.54) is 0 Å². The maximum atomic E-state index is 10.9. The van der Waals surface area contributed by atoms with E-state index in [1.54, 1.807) is 0 Å². The van der Waals surface area contributed by atoms with Crippen LogP contribution in [-0.4, -0.2) is 15.2 Å². The Kier molecular flexibility index (Phi) is 1.88. The van der Waals surface area contributed by atoms with Crippen molar-refractivity contribution in [2.75, 3.05) is 0 Å². The summed E-state index contributed by atoms with van der Waals surface area (Å²) in [5, 5.41) is 7.37. The van der Waals surface area contributed by atoms with Crippen molar-refractivity contribution in [2.24, 2.45) is 0 Å². The van der Waals surface area contributed by atoms with Gasteiger partial charge in [-0.2, -0.15) is 5.10 Å². The van der Waals surface area contributed by atoms with Crippen molar-refractivity contribution in [3.8, 4) is 11.4 Å². The van der Waals surface area contributed by atoms with Gasteiger partial charge in [0.1, 0.15) is 6.20 Å². The second-order valence-electron chi connectivity index (χ2n) is 2.55. The molecule has 0 aliphatic rings. The summed E-state index contributed by atoms with van der Waals surface area (Å²) in [4.78, 5) is 13.5. The summed E-state index contributed by atoms with van der Waals surface area (Å²) in [7, 11) is 0. The SMILES string of the molecule is O=c1cnnc(-c2ccccc2)[nH]1. The summed E-state index contributed by atoms with van der Waals surface area (Å²) in [6.07, 6.45) is 1.15. The van der Waals surface area contributed by atoms with Crippen LogP contribution >= 0.6 is 0 Å². The topological polar surface area (TPSA) is 58.6 Å². The summed E-state index contributed by atoms with van der Waals surface area (Å²) in [5.74, 6) is 0.494. The lowest BCUT2D eigenvalue weighted by molar-refractivity contribution is 0.954. The van der Waals surface area contributed by atoms with Gasteiger partial charge in [-0.05, 0) is 0 Å². The molecular formula is C9H7N3O. The largest absolute Gasteiger partial charge is 0.304 e. The molecule has 4 heteroatoms. The van der Waals surface area contributed by atoms with Crippen LogP contribution in [0, 0.1) is 0 Å². The molecule has 0 unspecified atom stereocenters. The molecular weight excluding hydrogens is 166 g/mol. The molecule has 1 aromatic heterocycles. The predicted octanol–water partition coefficient (Wildman–Crippen LogP) is 0.832. The third kappa shape index (κ3) is 1.61. The van der Waals surface area contributed by atoms with Crippen LogP contribution < -0.4 is 5.56 Å². The van der Waals surface area contributed by atoms with Crippen molar-refractivity contribution in [1.29, 1.82) is 0 Å². The fraction of sp³-hybridized carbons (Fsp3) is 0. The standard InChI is InChI=1S/C9H7N3O/c13-8-6-10-12-9(11-8)7-4-2-1-3-5-7/h1-6H,(H,11,12,13). The first kappa shape index (κ1) is 7.67. The third-order valence-electron chi connectivity index (χ3n) is 1.62. The molecule has 13 heavy (non-hydrogen) atoms. The lowest BCUT2D eigenvalue weighted by atomic mass is 10.2. The maximum Gasteiger partial charge on any atom is 0.269 e. The van der Waals surface area contributed by atoms with Gasteiger partial charge in [0.2, 0.25) is 0 Å². The minimum atomic E-state index is -0.242. The summed E-state index contributed by atoms with van der Waals surface area (Å²) < 4.78 is 0. The minimum Gasteiger partial charge on any atom is -0.304 e. The molecule has 0 bridgehead atoms. The number of aromatic amines is 1. The molecule has 0 aliphatic carbocycles. The van der Waals surface area contributed by atoms with Crippen molar-refractivity contribution in [2.45, 2.75) is 0 Å². The van der Waals surface area contributed by atoms with Crippen LogP contribution in [-0.2, 0) is 0 Å². The van der Waals surface area contributed by atoms with E-state index in [1.807, 2.05) is 30.3 Å². The number of nitrogens with zero attached hydrogens (tertiary/aromatic N) is 2. The molecule has 0 fully saturated rings. The van der Waals surface area contributed by atoms with Gasteiger partial charge in [-0.1, -0.05) is 30.3 Å². The Morgan fingerprint density at radius 2 is 1.92 bits per heavy atom. The molecule has 4 nitrogen and oxygen atoms in total. The second-order valence-corrected chi connectivity index (χ2v) is 2.55. The third-order valence-corrected chi connectivity index (χ3v) is 1.62. The smallest absolute Gasteiger partial charge is 0.269 e. The fourth-order valence-corrected chi connectivity index (χ4v) is 1.04. The number of H-pyrrole nitrogens is 1. The highest BCUT2D eigenvalue weighted by atomic mass is 16.1. The molecule has 64 valence electrons. The first-order valence-electron chi connectivity index (χ1n) is 3.84. The normalized spacial score (nSPS) is 9.85. The van der Waals surface area contributed by atoms with Crippen LogP contribution in [0.1, 0.15) is 0 Å². The van der Waals surface area contributed by atoms with Crippen molar-refractivity contribution in [1.82, 2.24) is 15.2 Å². The van der Waals surface area contributed by atoms with E-state index in [2.05, 4.69) is 15.2 Å². The number of rotatable bonds is 1. The van der Waals surface area contributed by atoms with Crippen LogP contribution in [0.15, 0.2) is 41.3 Å². The average molecular weight is 173 g/mol. The molecule has 2 aromatic rings. The zero-order valence-corrected chi connectivity index (χ0v) is 6.77. The Morgan fingerprint density at radius 1 is 1.15 bits per heavy atom. The van der Waals surface area contributed by atoms with Crippen molar-refractivity contribution >= 4 is 0 Å². The van der Waals surface area contributed by atoms with Gasteiger partial charge in [0.05, 0.1) is 0 Å². The van der Waals surface area contributed by atoms with Gasteiger partial charge in [0, 0.05) is 5.56 Å². The predicted molar refractivity (Wildman–Crippen MR) is 48.1 cm³/mol. The Morgan fingerprint density at radius 3 is 2.62 bits per heavy atom. The van der Waals surface area contributed by atoms with E-state index in [0.29, 0.717) is 5.82 Å². The van der Waals surface area contributed by atoms with E-state index in [0.717, 1.165) is 11.8 Å². The number of nitrogens with one attached hydrogen (secondary N) is 1. The van der Waals surface area contributed by atoms with Gasteiger partial charge in [0.15, 0.2) is 5.82 Å². The zero-order chi connectivity index (χ0) is 9.10. The second kappa shape index (κ2) is 3.18. The average Bonchev–Trinajstić information content (AvgIpc) is 2.19. The van der Waals surface area contributed by atoms with Crippen molar-refractivity contribution in [3.63, 3.8) is 0 Å².